The Balaban J connectivity index is 1.30. The Morgan fingerprint density at radius 2 is 2.12 bits per heavy atom. The van der Waals surface area contributed by atoms with Crippen molar-refractivity contribution < 1.29 is 14.3 Å². The standard InChI is InChI=1S/C26H28N2O3S/c1-2-13-30-21-6-3-7-22(16-21)31-26(29)27-19-8-9-25-23(15-19)24(17-32-25)18-10-12-28-11-4-5-20(28)14-18/h3,6-10,15-17,20H,2,4-5,11-14H2,1H3,(H,27,29). The summed E-state index contributed by atoms with van der Waals surface area (Å²) in [6.07, 6.45) is 6.51. The van der Waals surface area contributed by atoms with E-state index >= 15 is 0 Å². The lowest BCUT2D eigenvalue weighted by atomic mass is 9.94. The smallest absolute Gasteiger partial charge is 0.417 e. The minimum atomic E-state index is -0.507. The maximum absolute atomic E-state index is 12.5. The van der Waals surface area contributed by atoms with E-state index in [9.17, 15) is 4.79 Å². The van der Waals surface area contributed by atoms with E-state index in [1.54, 1.807) is 23.5 Å². The summed E-state index contributed by atoms with van der Waals surface area (Å²) in [4.78, 5) is 15.1. The van der Waals surface area contributed by atoms with Gasteiger partial charge in [-0.3, -0.25) is 10.2 Å². The third kappa shape index (κ3) is 4.52. The molecule has 0 spiro atoms. The highest BCUT2D eigenvalue weighted by Gasteiger charge is 2.28. The van der Waals surface area contributed by atoms with Gasteiger partial charge in [0.1, 0.15) is 11.5 Å². The lowest BCUT2D eigenvalue weighted by molar-refractivity contribution is 0.215. The fraction of sp³-hybridized carbons (Fsp3) is 0.346. The summed E-state index contributed by atoms with van der Waals surface area (Å²) in [7, 11) is 0. The fourth-order valence-corrected chi connectivity index (χ4v) is 5.57. The van der Waals surface area contributed by atoms with Crippen LogP contribution in [0, 0.1) is 0 Å². The van der Waals surface area contributed by atoms with Crippen molar-refractivity contribution in [1.82, 2.24) is 4.90 Å². The molecular formula is C26H28N2O3S. The van der Waals surface area contributed by atoms with Crippen molar-refractivity contribution in [3.63, 3.8) is 0 Å². The predicted molar refractivity (Wildman–Crippen MR) is 131 cm³/mol. The van der Waals surface area contributed by atoms with Crippen molar-refractivity contribution in [3.8, 4) is 11.5 Å². The van der Waals surface area contributed by atoms with Crippen molar-refractivity contribution in [3.05, 3.63) is 59.5 Å². The average molecular weight is 449 g/mol. The Kier molecular flexibility index (Phi) is 6.14. The molecule has 2 aliphatic rings. The van der Waals surface area contributed by atoms with Crippen molar-refractivity contribution in [2.45, 2.75) is 38.6 Å². The molecule has 1 fully saturated rings. The van der Waals surface area contributed by atoms with Crippen LogP contribution in [0.3, 0.4) is 0 Å². The summed E-state index contributed by atoms with van der Waals surface area (Å²) in [6.45, 7) is 4.96. The average Bonchev–Trinajstić information content (AvgIpc) is 3.44. The molecule has 0 saturated carbocycles. The lowest BCUT2D eigenvalue weighted by Gasteiger charge is -2.29. The number of benzene rings is 2. The molecule has 166 valence electrons. The van der Waals surface area contributed by atoms with Crippen molar-refractivity contribution in [1.29, 1.82) is 0 Å². The highest BCUT2D eigenvalue weighted by Crippen LogP contribution is 2.38. The van der Waals surface area contributed by atoms with Crippen LogP contribution in [0.15, 0.2) is 53.9 Å². The molecule has 1 atom stereocenters. The van der Waals surface area contributed by atoms with Gasteiger partial charge in [-0.1, -0.05) is 19.1 Å². The molecule has 3 heterocycles. The van der Waals surface area contributed by atoms with Crippen molar-refractivity contribution in [2.24, 2.45) is 0 Å². The van der Waals surface area contributed by atoms with Crippen LogP contribution in [-0.2, 0) is 0 Å². The minimum Gasteiger partial charge on any atom is -0.493 e. The number of fused-ring (bicyclic) bond motifs is 2. The quantitative estimate of drug-likeness (QED) is 0.464. The van der Waals surface area contributed by atoms with Gasteiger partial charge in [-0.15, -0.1) is 11.3 Å². The Morgan fingerprint density at radius 1 is 1.22 bits per heavy atom. The number of nitrogens with zero attached hydrogens (tertiary/aromatic N) is 1. The maximum Gasteiger partial charge on any atom is 0.417 e. The molecule has 1 amide bonds. The van der Waals surface area contributed by atoms with E-state index < -0.39 is 6.09 Å². The van der Waals surface area contributed by atoms with Crippen LogP contribution in [0.25, 0.3) is 15.7 Å². The first-order valence-electron chi connectivity index (χ1n) is 11.4. The number of nitrogens with one attached hydrogen (secondary N) is 1. The summed E-state index contributed by atoms with van der Waals surface area (Å²) in [5.74, 6) is 1.16. The number of hydrogen-bond donors (Lipinski definition) is 1. The summed E-state index contributed by atoms with van der Waals surface area (Å²) in [5.41, 5.74) is 3.47. The van der Waals surface area contributed by atoms with Crippen LogP contribution >= 0.6 is 11.3 Å². The molecule has 1 aromatic heterocycles. The van der Waals surface area contributed by atoms with Gasteiger partial charge in [0, 0.05) is 34.4 Å². The second-order valence-corrected chi connectivity index (χ2v) is 9.33. The van der Waals surface area contributed by atoms with E-state index in [0.29, 0.717) is 24.1 Å². The predicted octanol–water partition coefficient (Wildman–Crippen LogP) is 6.55. The van der Waals surface area contributed by atoms with Gasteiger partial charge >= 0.3 is 6.09 Å². The van der Waals surface area contributed by atoms with Crippen LogP contribution in [-0.4, -0.2) is 36.7 Å². The molecule has 0 radical (unpaired) electrons. The fourth-order valence-electron chi connectivity index (χ4n) is 4.60. The van der Waals surface area contributed by atoms with Gasteiger partial charge in [-0.05, 0) is 79.1 Å². The van der Waals surface area contributed by atoms with Crippen LogP contribution in [0.2, 0.25) is 0 Å². The Morgan fingerprint density at radius 3 is 3.03 bits per heavy atom. The SMILES string of the molecule is CCCOc1cccc(OC(=O)Nc2ccc3scc(C4=CCN5CCCC5C4)c3c2)c1. The van der Waals surface area contributed by atoms with E-state index in [2.05, 4.69) is 40.7 Å². The molecule has 32 heavy (non-hydrogen) atoms. The zero-order valence-corrected chi connectivity index (χ0v) is 19.1. The molecule has 1 unspecified atom stereocenters. The summed E-state index contributed by atoms with van der Waals surface area (Å²) in [6, 6.07) is 13.9. The molecule has 1 saturated heterocycles. The Hall–Kier alpha value is -2.83. The van der Waals surface area contributed by atoms with Crippen LogP contribution in [0.5, 0.6) is 11.5 Å². The third-order valence-electron chi connectivity index (χ3n) is 6.18. The van der Waals surface area contributed by atoms with Gasteiger partial charge in [-0.2, -0.15) is 0 Å². The second-order valence-electron chi connectivity index (χ2n) is 8.42. The summed E-state index contributed by atoms with van der Waals surface area (Å²) < 4.78 is 12.3. The summed E-state index contributed by atoms with van der Waals surface area (Å²) in [5, 5.41) is 6.33. The number of carbonyl (C=O) groups is 1. The highest BCUT2D eigenvalue weighted by molar-refractivity contribution is 7.17. The number of anilines is 1. The third-order valence-corrected chi connectivity index (χ3v) is 7.15. The van der Waals surface area contributed by atoms with Crippen molar-refractivity contribution in [2.75, 3.05) is 25.0 Å². The zero-order chi connectivity index (χ0) is 21.9. The molecule has 6 heteroatoms. The molecule has 5 rings (SSSR count). The van der Waals surface area contributed by atoms with E-state index in [0.717, 1.165) is 25.1 Å². The second kappa shape index (κ2) is 9.35. The van der Waals surface area contributed by atoms with E-state index in [1.165, 1.54) is 40.6 Å². The molecule has 5 nitrogen and oxygen atoms in total. The zero-order valence-electron chi connectivity index (χ0n) is 18.3. The molecule has 3 aromatic rings. The molecule has 0 bridgehead atoms. The number of ether oxygens (including phenoxy) is 2. The number of hydrogen-bond acceptors (Lipinski definition) is 5. The normalized spacial score (nSPS) is 18.3. The Bertz CT molecular complexity index is 1150. The van der Waals surface area contributed by atoms with Crippen molar-refractivity contribution >= 4 is 38.8 Å². The van der Waals surface area contributed by atoms with E-state index in [4.69, 9.17) is 9.47 Å². The number of rotatable bonds is 6. The summed E-state index contributed by atoms with van der Waals surface area (Å²) >= 11 is 1.76. The van der Waals surface area contributed by atoms with Crippen LogP contribution < -0.4 is 14.8 Å². The minimum absolute atomic E-state index is 0.460. The maximum atomic E-state index is 12.5. The molecule has 2 aromatic carbocycles. The topological polar surface area (TPSA) is 50.8 Å². The number of carbonyl (C=O) groups excluding carboxylic acids is 1. The van der Waals surface area contributed by atoms with Crippen LogP contribution in [0.4, 0.5) is 10.5 Å². The first-order chi connectivity index (χ1) is 15.7. The molecule has 1 N–H and O–H groups in total. The monoisotopic (exact) mass is 448 g/mol. The molecule has 0 aliphatic carbocycles. The Labute approximate surface area is 192 Å². The largest absolute Gasteiger partial charge is 0.493 e. The number of thiophene rings is 1. The number of amides is 1. The first-order valence-corrected chi connectivity index (χ1v) is 12.2. The van der Waals surface area contributed by atoms with Gasteiger partial charge in [0.15, 0.2) is 0 Å². The van der Waals surface area contributed by atoms with Gasteiger partial charge in [-0.25, -0.2) is 4.79 Å². The van der Waals surface area contributed by atoms with Gasteiger partial charge < -0.3 is 9.47 Å². The van der Waals surface area contributed by atoms with E-state index in [1.807, 2.05) is 18.2 Å². The lowest BCUT2D eigenvalue weighted by Crippen LogP contribution is -2.32. The first kappa shape index (κ1) is 21.0. The van der Waals surface area contributed by atoms with E-state index in [-0.39, 0.29) is 0 Å². The van der Waals surface area contributed by atoms with Gasteiger partial charge in [0.25, 0.3) is 0 Å². The highest BCUT2D eigenvalue weighted by atomic mass is 32.1. The molecule has 2 aliphatic heterocycles. The molecular weight excluding hydrogens is 420 g/mol. The van der Waals surface area contributed by atoms with Gasteiger partial charge in [0.05, 0.1) is 6.61 Å². The van der Waals surface area contributed by atoms with Crippen LogP contribution in [0.1, 0.15) is 38.2 Å². The van der Waals surface area contributed by atoms with Gasteiger partial charge in [0.2, 0.25) is 0 Å².